The molecule has 0 radical (unpaired) electrons. The molecular weight excluding hydrogens is 793 g/mol. The van der Waals surface area contributed by atoms with Crippen molar-refractivity contribution in [2.45, 2.75) is 139 Å². The average Bonchev–Trinajstić information content (AvgIpc) is 3.14. The summed E-state index contributed by atoms with van der Waals surface area (Å²) in [5.41, 5.74) is 2.44. The van der Waals surface area contributed by atoms with E-state index < -0.39 is 35.8 Å². The van der Waals surface area contributed by atoms with Gasteiger partial charge in [0.05, 0.1) is 4.90 Å². The van der Waals surface area contributed by atoms with Crippen LogP contribution in [0.15, 0.2) is 94.7 Å². The molecule has 0 aliphatic heterocycles. The topological polar surface area (TPSA) is 173 Å². The summed E-state index contributed by atoms with van der Waals surface area (Å²) in [5.74, 6) is 0.321. The van der Waals surface area contributed by atoms with Crippen molar-refractivity contribution in [3.8, 4) is 34.5 Å². The van der Waals surface area contributed by atoms with E-state index in [9.17, 15) is 31.6 Å². The molecule has 10 nitrogen and oxygen atoms in total. The molecular formula is C44H58CaO10S2. The Balaban J connectivity index is 0.000000387. The second-order valence-corrected chi connectivity index (χ2v) is 17.0. The van der Waals surface area contributed by atoms with Gasteiger partial charge >= 0.3 is 37.7 Å². The number of hydrogen-bond donors (Lipinski definition) is 2. The van der Waals surface area contributed by atoms with Crippen molar-refractivity contribution in [3.05, 3.63) is 96.1 Å². The van der Waals surface area contributed by atoms with E-state index in [4.69, 9.17) is 14.0 Å². The smallest absolute Gasteiger partial charge is 0.872 e. The van der Waals surface area contributed by atoms with Gasteiger partial charge in [-0.3, -0.25) is 4.55 Å². The molecule has 2 N–H and O–H groups in total. The largest absolute Gasteiger partial charge is 2.00 e. The second kappa shape index (κ2) is 27.0. The monoisotopic (exact) mass is 850 g/mol. The summed E-state index contributed by atoms with van der Waals surface area (Å²) >= 11 is 0. The summed E-state index contributed by atoms with van der Waals surface area (Å²) in [5, 5.41) is 21.2. The molecule has 0 unspecified atom stereocenters. The van der Waals surface area contributed by atoms with Gasteiger partial charge in [0.2, 0.25) is 0 Å². The first kappa shape index (κ1) is 50.3. The number of phenolic OH excluding ortho intramolecular Hbond substituents is 1. The van der Waals surface area contributed by atoms with Crippen LogP contribution < -0.4 is 14.6 Å². The van der Waals surface area contributed by atoms with E-state index in [-0.39, 0.29) is 55.0 Å². The third-order valence-corrected chi connectivity index (χ3v) is 10.9. The number of aromatic hydroxyl groups is 1. The summed E-state index contributed by atoms with van der Waals surface area (Å²) < 4.78 is 76.0. The van der Waals surface area contributed by atoms with Gasteiger partial charge in [0, 0.05) is 18.2 Å². The van der Waals surface area contributed by atoms with Gasteiger partial charge in [-0.1, -0.05) is 134 Å². The van der Waals surface area contributed by atoms with Crippen molar-refractivity contribution >= 4 is 58.0 Å². The minimum atomic E-state index is -4.70. The van der Waals surface area contributed by atoms with Crippen molar-refractivity contribution < 1.29 is 45.6 Å². The number of ether oxygens (including phenoxy) is 2. The predicted octanol–water partition coefficient (Wildman–Crippen LogP) is 10.9. The number of hydrogen-bond acceptors (Lipinski definition) is 9. The van der Waals surface area contributed by atoms with Crippen molar-refractivity contribution in [1.82, 2.24) is 0 Å². The third-order valence-electron chi connectivity index (χ3n) is 9.26. The van der Waals surface area contributed by atoms with Gasteiger partial charge < -0.3 is 24.2 Å². The van der Waals surface area contributed by atoms with Crippen molar-refractivity contribution in [1.29, 1.82) is 0 Å². The average molecular weight is 851 g/mol. The number of phenols is 1. The van der Waals surface area contributed by atoms with Gasteiger partial charge in [-0.25, -0.2) is 8.42 Å². The van der Waals surface area contributed by atoms with Gasteiger partial charge in [0.25, 0.3) is 10.1 Å². The Kier molecular flexibility index (Phi) is 23.8. The standard InChI is InChI=1S/2C22H30O5S.Ca/c2*1-2-3-4-5-6-7-8-9-10-18-11-13-20(14-12-18)27-21-15-19(23)16-22(17-21)28(24,25)26;/h2*11-17,23H,2-10H2,1H3,(H,24,25,26);/q;;+2/p-2. The molecule has 0 bridgehead atoms. The van der Waals surface area contributed by atoms with E-state index in [1.807, 2.05) is 36.4 Å². The van der Waals surface area contributed by atoms with Crippen LogP contribution in [0.4, 0.5) is 0 Å². The first-order valence-electron chi connectivity index (χ1n) is 19.9. The zero-order chi connectivity index (χ0) is 40.8. The molecule has 0 saturated carbocycles. The van der Waals surface area contributed by atoms with Crippen LogP contribution in [0.1, 0.15) is 128 Å². The molecule has 4 aromatic carbocycles. The summed E-state index contributed by atoms with van der Waals surface area (Å²) in [6.45, 7) is 4.46. The van der Waals surface area contributed by atoms with Crippen LogP contribution in [-0.2, 0) is 33.1 Å². The maximum Gasteiger partial charge on any atom is 2.00 e. The van der Waals surface area contributed by atoms with Gasteiger partial charge in [-0.05, 0) is 73.2 Å². The molecule has 4 rings (SSSR count). The summed E-state index contributed by atoms with van der Waals surface area (Å²) in [7, 11) is -9.11. The Bertz CT molecular complexity index is 1810. The summed E-state index contributed by atoms with van der Waals surface area (Å²) in [6, 6.07) is 21.5. The molecule has 308 valence electrons. The number of rotatable bonds is 24. The molecule has 4 aromatic rings. The van der Waals surface area contributed by atoms with Gasteiger partial charge in [0.1, 0.15) is 43.8 Å². The van der Waals surface area contributed by atoms with Crippen LogP contribution in [0.5, 0.6) is 34.5 Å². The first-order valence-corrected chi connectivity index (χ1v) is 22.7. The van der Waals surface area contributed by atoms with Gasteiger partial charge in [-0.2, -0.15) is 8.42 Å². The zero-order valence-electron chi connectivity index (χ0n) is 33.5. The molecule has 0 amide bonds. The molecule has 0 atom stereocenters. The van der Waals surface area contributed by atoms with Gasteiger partial charge in [0.15, 0.2) is 0 Å². The Morgan fingerprint density at radius 2 is 0.895 bits per heavy atom. The molecule has 0 saturated heterocycles. The maximum absolute atomic E-state index is 11.6. The van der Waals surface area contributed by atoms with Crippen molar-refractivity contribution in [3.63, 3.8) is 0 Å². The Morgan fingerprint density at radius 3 is 1.30 bits per heavy atom. The van der Waals surface area contributed by atoms with E-state index in [1.165, 1.54) is 113 Å². The minimum absolute atomic E-state index is 0. The minimum Gasteiger partial charge on any atom is -0.872 e. The molecule has 0 fully saturated rings. The van der Waals surface area contributed by atoms with Crippen molar-refractivity contribution in [2.75, 3.05) is 0 Å². The summed E-state index contributed by atoms with van der Waals surface area (Å²) in [4.78, 5) is -0.991. The van der Waals surface area contributed by atoms with Crippen LogP contribution >= 0.6 is 0 Å². The molecule has 13 heteroatoms. The molecule has 0 aliphatic rings. The van der Waals surface area contributed by atoms with E-state index >= 15 is 0 Å². The number of benzene rings is 4. The molecule has 57 heavy (non-hydrogen) atoms. The number of unbranched alkanes of at least 4 members (excludes halogenated alkanes) is 14. The van der Waals surface area contributed by atoms with Crippen LogP contribution in [-0.4, -0.2) is 68.8 Å². The molecule has 0 aromatic heterocycles. The molecule has 0 heterocycles. The fraction of sp³-hybridized carbons (Fsp3) is 0.455. The van der Waals surface area contributed by atoms with Crippen LogP contribution in [0.2, 0.25) is 0 Å². The van der Waals surface area contributed by atoms with E-state index in [0.717, 1.165) is 49.9 Å². The first-order chi connectivity index (χ1) is 26.8. The summed E-state index contributed by atoms with van der Waals surface area (Å²) in [6.07, 6.45) is 22.6. The Hall–Kier alpha value is -2.84. The van der Waals surface area contributed by atoms with Gasteiger partial charge in [-0.15, -0.1) is 5.75 Å². The van der Waals surface area contributed by atoms with Crippen molar-refractivity contribution in [2.24, 2.45) is 0 Å². The Morgan fingerprint density at radius 1 is 0.509 bits per heavy atom. The van der Waals surface area contributed by atoms with E-state index in [1.54, 1.807) is 12.1 Å². The SMILES string of the molecule is CCCCCCCCCCc1ccc(Oc2cc(O)cc(S(=O)(=O)O)c2)cc1.CCCCCCCCCCc1ccc(Oc2cc([O-])cc(S(=O)(=O)[O-])c2)cc1.[Ca+2]. The zero-order valence-corrected chi connectivity index (χ0v) is 37.3. The number of aryl methyl sites for hydroxylation is 2. The normalized spacial score (nSPS) is 11.3. The van der Waals surface area contributed by atoms with Crippen LogP contribution in [0.25, 0.3) is 0 Å². The second-order valence-electron chi connectivity index (χ2n) is 14.2. The van der Waals surface area contributed by atoms with E-state index in [2.05, 4.69) is 13.8 Å². The quantitative estimate of drug-likeness (QED) is 0.0392. The Labute approximate surface area is 370 Å². The van der Waals surface area contributed by atoms with Crippen LogP contribution in [0, 0.1) is 0 Å². The van der Waals surface area contributed by atoms with E-state index in [0.29, 0.717) is 11.5 Å². The fourth-order valence-corrected chi connectivity index (χ4v) is 7.22. The fourth-order valence-electron chi connectivity index (χ4n) is 6.16. The maximum atomic E-state index is 11.6. The predicted molar refractivity (Wildman–Crippen MR) is 223 cm³/mol. The third kappa shape index (κ3) is 21.1. The van der Waals surface area contributed by atoms with Crippen LogP contribution in [0.3, 0.4) is 0 Å². The molecule has 0 spiro atoms. The molecule has 0 aliphatic carbocycles.